The van der Waals surface area contributed by atoms with E-state index in [0.717, 1.165) is 22.7 Å². The lowest BCUT2D eigenvalue weighted by atomic mass is 10.1. The summed E-state index contributed by atoms with van der Waals surface area (Å²) >= 11 is 14.3. The number of halogens is 1. The molecule has 0 heterocycles. The van der Waals surface area contributed by atoms with E-state index in [1.807, 2.05) is 17.8 Å². The fourth-order valence-corrected chi connectivity index (χ4v) is 4.22. The van der Waals surface area contributed by atoms with Crippen LogP contribution < -0.4 is 0 Å². The molecule has 1 aliphatic rings. The Balaban J connectivity index is 2.84. The molecule has 18 heavy (non-hydrogen) atoms. The van der Waals surface area contributed by atoms with Crippen LogP contribution in [-0.2, 0) is 0 Å². The highest BCUT2D eigenvalue weighted by Gasteiger charge is 2.18. The molecule has 0 fully saturated rings. The first kappa shape index (κ1) is 16.5. The van der Waals surface area contributed by atoms with Crippen molar-refractivity contribution in [3.63, 3.8) is 0 Å². The minimum Gasteiger partial charge on any atom is -0.144 e. The van der Waals surface area contributed by atoms with Gasteiger partial charge in [0.25, 0.3) is 0 Å². The average molecular weight is 363 g/mol. The molecule has 0 radical (unpaired) electrons. The average Bonchev–Trinajstić information content (AvgIpc) is 2.37. The zero-order valence-electron chi connectivity index (χ0n) is 10.7. The Labute approximate surface area is 134 Å². The summed E-state index contributed by atoms with van der Waals surface area (Å²) in [6.45, 7) is 8.18. The third-order valence-electron chi connectivity index (χ3n) is 2.65. The number of allylic oxidation sites excluding steroid dienone is 5. The van der Waals surface area contributed by atoms with E-state index < -0.39 is 0 Å². The van der Waals surface area contributed by atoms with Gasteiger partial charge in [-0.3, -0.25) is 0 Å². The van der Waals surface area contributed by atoms with Crippen LogP contribution in [0.1, 0.15) is 26.7 Å². The highest BCUT2D eigenvalue weighted by molar-refractivity contribution is 9.09. The van der Waals surface area contributed by atoms with Gasteiger partial charge in [0.15, 0.2) is 0 Å². The third-order valence-corrected chi connectivity index (χ3v) is 5.43. The summed E-state index contributed by atoms with van der Waals surface area (Å²) in [5, 5.41) is 0. The second-order valence-electron chi connectivity index (χ2n) is 4.34. The van der Waals surface area contributed by atoms with Gasteiger partial charge >= 0.3 is 0 Å². The van der Waals surface area contributed by atoms with Crippen molar-refractivity contribution in [3.8, 4) is 0 Å². The molecule has 0 spiro atoms. The zero-order chi connectivity index (χ0) is 13.7. The van der Waals surface area contributed by atoms with E-state index in [1.165, 1.54) is 9.81 Å². The van der Waals surface area contributed by atoms with Gasteiger partial charge in [-0.1, -0.05) is 54.2 Å². The highest BCUT2D eigenvalue weighted by atomic mass is 79.9. The number of thiol groups is 2. The minimum absolute atomic E-state index is 0.471. The molecule has 0 aromatic rings. The van der Waals surface area contributed by atoms with Crippen molar-refractivity contribution >= 4 is 52.9 Å². The first-order chi connectivity index (χ1) is 8.42. The van der Waals surface area contributed by atoms with E-state index in [4.69, 9.17) is 0 Å². The van der Waals surface area contributed by atoms with E-state index in [1.54, 1.807) is 0 Å². The smallest absolute Gasteiger partial charge is 0.0251 e. The highest BCUT2D eigenvalue weighted by Crippen LogP contribution is 2.38. The molecule has 0 N–H and O–H groups in total. The third kappa shape index (κ3) is 5.64. The fourth-order valence-electron chi connectivity index (χ4n) is 1.65. The molecule has 1 unspecified atom stereocenters. The molecule has 0 aliphatic heterocycles. The first-order valence-corrected chi connectivity index (χ1v) is 8.56. The number of hydrogen-bond donors (Lipinski definition) is 2. The van der Waals surface area contributed by atoms with E-state index in [0.29, 0.717) is 10.7 Å². The molecule has 100 valence electrons. The topological polar surface area (TPSA) is 0 Å². The number of rotatable bonds is 4. The van der Waals surface area contributed by atoms with Gasteiger partial charge in [0.1, 0.15) is 0 Å². The number of hydrogen-bond acceptors (Lipinski definition) is 3. The summed E-state index contributed by atoms with van der Waals surface area (Å²) in [4.78, 5) is 4.95. The van der Waals surface area contributed by atoms with E-state index in [-0.39, 0.29) is 0 Å². The molecule has 0 saturated heterocycles. The maximum absolute atomic E-state index is 4.51. The van der Waals surface area contributed by atoms with E-state index >= 15 is 0 Å². The van der Waals surface area contributed by atoms with E-state index in [2.05, 4.69) is 73.8 Å². The van der Waals surface area contributed by atoms with Crippen molar-refractivity contribution in [2.75, 3.05) is 0 Å². The Kier molecular flexibility index (Phi) is 7.29. The normalized spacial score (nSPS) is 25.3. The summed E-state index contributed by atoms with van der Waals surface area (Å²) in [5.41, 5.74) is 0. The lowest BCUT2D eigenvalue weighted by molar-refractivity contribution is 0.689. The van der Waals surface area contributed by atoms with Crippen molar-refractivity contribution in [1.82, 2.24) is 0 Å². The molecule has 0 aromatic carbocycles. The molecule has 4 heteroatoms. The Morgan fingerprint density at radius 2 is 2.33 bits per heavy atom. The van der Waals surface area contributed by atoms with Crippen LogP contribution in [0, 0.1) is 5.92 Å². The van der Waals surface area contributed by atoms with Crippen LogP contribution in [0.4, 0.5) is 0 Å². The van der Waals surface area contributed by atoms with Crippen LogP contribution in [0.15, 0.2) is 44.4 Å². The lowest BCUT2D eigenvalue weighted by Gasteiger charge is -2.15. The van der Waals surface area contributed by atoms with Gasteiger partial charge in [-0.25, -0.2) is 0 Å². The monoisotopic (exact) mass is 362 g/mol. The molecule has 0 aromatic heterocycles. The predicted octanol–water partition coefficient (Wildman–Crippen LogP) is 5.96. The Morgan fingerprint density at radius 1 is 1.67 bits per heavy atom. The summed E-state index contributed by atoms with van der Waals surface area (Å²) in [6.07, 6.45) is 8.42. The van der Waals surface area contributed by atoms with Crippen LogP contribution >= 0.6 is 52.9 Å². The lowest BCUT2D eigenvalue weighted by Crippen LogP contribution is -2.07. The predicted molar refractivity (Wildman–Crippen MR) is 95.7 cm³/mol. The quantitative estimate of drug-likeness (QED) is 0.353. The summed E-state index contributed by atoms with van der Waals surface area (Å²) in [6, 6.07) is 0. The second kappa shape index (κ2) is 7.93. The van der Waals surface area contributed by atoms with Gasteiger partial charge in [-0.05, 0) is 45.6 Å². The summed E-state index contributed by atoms with van der Waals surface area (Å²) < 4.78 is 0. The SMILES string of the molecule is C=C(S)/C=C(\CC)SC1=CC(S)=CC(C)[C@@H](Br)C1. The maximum Gasteiger partial charge on any atom is 0.0251 e. The molecular weight excluding hydrogens is 344 g/mol. The molecule has 1 rings (SSSR count). The zero-order valence-corrected chi connectivity index (χ0v) is 14.9. The number of alkyl halides is 1. The molecule has 0 amide bonds. The van der Waals surface area contributed by atoms with Crippen LogP contribution in [-0.4, -0.2) is 4.83 Å². The van der Waals surface area contributed by atoms with Crippen molar-refractivity contribution in [1.29, 1.82) is 0 Å². The van der Waals surface area contributed by atoms with Crippen LogP contribution in [0.5, 0.6) is 0 Å². The van der Waals surface area contributed by atoms with Gasteiger partial charge in [0.2, 0.25) is 0 Å². The standard InChI is InChI=1S/C14H19BrS3/c1-4-12(6-10(3)16)18-13-7-11(17)5-9(2)14(15)8-13/h5-7,9,14,16-17H,3-4,8H2,1-2H3/b12-6+/t9?,14-/m0/s1. The van der Waals surface area contributed by atoms with Crippen LogP contribution in [0.25, 0.3) is 0 Å². The summed E-state index contributed by atoms with van der Waals surface area (Å²) in [5.74, 6) is 0.501. The van der Waals surface area contributed by atoms with Gasteiger partial charge in [-0.2, -0.15) is 0 Å². The Morgan fingerprint density at radius 3 is 2.89 bits per heavy atom. The van der Waals surface area contributed by atoms with E-state index in [9.17, 15) is 0 Å². The van der Waals surface area contributed by atoms with Crippen LogP contribution in [0.3, 0.4) is 0 Å². The maximum atomic E-state index is 4.51. The van der Waals surface area contributed by atoms with Gasteiger partial charge < -0.3 is 0 Å². The second-order valence-corrected chi connectivity index (χ2v) is 7.86. The van der Waals surface area contributed by atoms with Crippen molar-refractivity contribution in [2.24, 2.45) is 5.92 Å². The molecule has 0 nitrogen and oxygen atoms in total. The Bertz CT molecular complexity index is 407. The molecule has 2 atom stereocenters. The molecule has 0 bridgehead atoms. The van der Waals surface area contributed by atoms with Crippen molar-refractivity contribution in [3.05, 3.63) is 44.4 Å². The van der Waals surface area contributed by atoms with Crippen molar-refractivity contribution < 1.29 is 0 Å². The van der Waals surface area contributed by atoms with Gasteiger partial charge in [-0.15, -0.1) is 25.3 Å². The van der Waals surface area contributed by atoms with Crippen molar-refractivity contribution in [2.45, 2.75) is 31.5 Å². The largest absolute Gasteiger partial charge is 0.144 e. The van der Waals surface area contributed by atoms with Gasteiger partial charge in [0, 0.05) is 9.73 Å². The minimum atomic E-state index is 0.471. The van der Waals surface area contributed by atoms with Gasteiger partial charge in [0.05, 0.1) is 0 Å². The fraction of sp³-hybridized carbons (Fsp3) is 0.429. The van der Waals surface area contributed by atoms with Crippen LogP contribution in [0.2, 0.25) is 0 Å². The Hall–Kier alpha value is 0.490. The molecule has 0 saturated carbocycles. The molecular formula is C14H19BrS3. The molecule has 1 aliphatic carbocycles. The summed E-state index contributed by atoms with van der Waals surface area (Å²) in [7, 11) is 0. The first-order valence-electron chi connectivity index (χ1n) is 5.94. The number of thioether (sulfide) groups is 1.